The lowest BCUT2D eigenvalue weighted by molar-refractivity contribution is 0.0985. The van der Waals surface area contributed by atoms with E-state index in [0.717, 1.165) is 29.8 Å². The zero-order valence-corrected chi connectivity index (χ0v) is 12.6. The van der Waals surface area contributed by atoms with E-state index in [4.69, 9.17) is 0 Å². The van der Waals surface area contributed by atoms with Gasteiger partial charge in [0.05, 0.1) is 5.69 Å². The van der Waals surface area contributed by atoms with Gasteiger partial charge in [0.2, 0.25) is 0 Å². The molecule has 0 bridgehead atoms. The number of rotatable bonds is 4. The minimum absolute atomic E-state index is 0.0556. The van der Waals surface area contributed by atoms with Crippen LogP contribution in [0.2, 0.25) is 0 Å². The Hall–Kier alpha value is -2.88. The first-order chi connectivity index (χ1) is 11.3. The third-order valence-electron chi connectivity index (χ3n) is 4.09. The summed E-state index contributed by atoms with van der Waals surface area (Å²) in [6.45, 7) is 0. The molecule has 0 saturated heterocycles. The Balaban J connectivity index is 1.69. The molecule has 1 fully saturated rings. The lowest BCUT2D eigenvalue weighted by Crippen LogP contribution is -2.33. The van der Waals surface area contributed by atoms with E-state index in [1.165, 1.54) is 0 Å². The molecule has 2 aromatic carbocycles. The lowest BCUT2D eigenvalue weighted by atomic mass is 10.1. The smallest absolute Gasteiger partial charge is 0.258 e. The van der Waals surface area contributed by atoms with Crippen molar-refractivity contribution in [2.45, 2.75) is 18.9 Å². The fourth-order valence-corrected chi connectivity index (χ4v) is 2.79. The quantitative estimate of drug-likeness (QED) is 0.795. The lowest BCUT2D eigenvalue weighted by Gasteiger charge is -2.23. The number of nitrogens with zero attached hydrogens (tertiary/aromatic N) is 2. The van der Waals surface area contributed by atoms with E-state index in [9.17, 15) is 4.79 Å². The fourth-order valence-electron chi connectivity index (χ4n) is 2.79. The maximum Gasteiger partial charge on any atom is 0.258 e. The summed E-state index contributed by atoms with van der Waals surface area (Å²) in [5.41, 5.74) is 3.55. The van der Waals surface area contributed by atoms with Crippen LogP contribution in [0, 0.1) is 0 Å². The molecule has 0 radical (unpaired) electrons. The third kappa shape index (κ3) is 2.75. The highest BCUT2D eigenvalue weighted by Crippen LogP contribution is 2.33. The van der Waals surface area contributed by atoms with E-state index in [1.54, 1.807) is 6.20 Å². The average Bonchev–Trinajstić information content (AvgIpc) is 3.27. The minimum Gasteiger partial charge on any atom is -0.305 e. The zero-order valence-electron chi connectivity index (χ0n) is 12.6. The number of carbonyl (C=O) groups excluding carboxylic acids is 1. The highest BCUT2D eigenvalue weighted by Gasteiger charge is 2.34. The molecule has 0 aliphatic heterocycles. The summed E-state index contributed by atoms with van der Waals surface area (Å²) in [4.78, 5) is 15.0. The van der Waals surface area contributed by atoms with Gasteiger partial charge in [-0.15, -0.1) is 0 Å². The number of aromatic nitrogens is 2. The molecule has 0 unspecified atom stereocenters. The first kappa shape index (κ1) is 13.8. The highest BCUT2D eigenvalue weighted by atomic mass is 16.2. The molecule has 114 valence electrons. The third-order valence-corrected chi connectivity index (χ3v) is 4.09. The van der Waals surface area contributed by atoms with Crippen molar-refractivity contribution in [1.29, 1.82) is 0 Å². The molecule has 0 spiro atoms. The Kier molecular flexibility index (Phi) is 3.42. The van der Waals surface area contributed by atoms with E-state index >= 15 is 0 Å². The second-order valence-electron chi connectivity index (χ2n) is 5.79. The van der Waals surface area contributed by atoms with Crippen LogP contribution in [0.15, 0.2) is 66.9 Å². The van der Waals surface area contributed by atoms with Gasteiger partial charge >= 0.3 is 0 Å². The topological polar surface area (TPSA) is 49.0 Å². The number of hydrogen-bond donors (Lipinski definition) is 1. The van der Waals surface area contributed by atoms with Crippen LogP contribution in [0.25, 0.3) is 11.3 Å². The number of benzene rings is 2. The summed E-state index contributed by atoms with van der Waals surface area (Å²) in [6, 6.07) is 19.8. The molecule has 1 heterocycles. The molecular formula is C19H17N3O. The van der Waals surface area contributed by atoms with E-state index < -0.39 is 0 Å². The van der Waals surface area contributed by atoms with Crippen LogP contribution in [-0.2, 0) is 0 Å². The van der Waals surface area contributed by atoms with Gasteiger partial charge in [0.15, 0.2) is 0 Å². The second kappa shape index (κ2) is 5.72. The molecule has 3 aromatic rings. The maximum atomic E-state index is 13.0. The van der Waals surface area contributed by atoms with Gasteiger partial charge in [0.25, 0.3) is 5.91 Å². The summed E-state index contributed by atoms with van der Waals surface area (Å²) in [5, 5.41) is 6.91. The fraction of sp³-hybridized carbons (Fsp3) is 0.158. The first-order valence-electron chi connectivity index (χ1n) is 7.81. The summed E-state index contributed by atoms with van der Waals surface area (Å²) in [6.07, 6.45) is 3.85. The van der Waals surface area contributed by atoms with Gasteiger partial charge in [-0.25, -0.2) is 0 Å². The number of hydrogen-bond acceptors (Lipinski definition) is 2. The molecule has 1 saturated carbocycles. The van der Waals surface area contributed by atoms with Crippen LogP contribution in [-0.4, -0.2) is 22.1 Å². The van der Waals surface area contributed by atoms with Crippen molar-refractivity contribution in [2.75, 3.05) is 4.90 Å². The van der Waals surface area contributed by atoms with Gasteiger partial charge in [0.1, 0.15) is 0 Å². The van der Waals surface area contributed by atoms with Crippen molar-refractivity contribution in [1.82, 2.24) is 10.2 Å². The Morgan fingerprint density at radius 3 is 2.57 bits per heavy atom. The van der Waals surface area contributed by atoms with Gasteiger partial charge in [-0.3, -0.25) is 9.89 Å². The number of aromatic amines is 1. The summed E-state index contributed by atoms with van der Waals surface area (Å²) < 4.78 is 0. The van der Waals surface area contributed by atoms with Crippen molar-refractivity contribution in [2.24, 2.45) is 0 Å². The van der Waals surface area contributed by atoms with Crippen LogP contribution >= 0.6 is 0 Å². The number of amides is 1. The van der Waals surface area contributed by atoms with Gasteiger partial charge in [0, 0.05) is 29.1 Å². The zero-order chi connectivity index (χ0) is 15.6. The summed E-state index contributed by atoms with van der Waals surface area (Å²) in [7, 11) is 0. The Bertz CT molecular complexity index is 808. The standard InChI is InChI=1S/C19H17N3O/c23-19(22(17-9-10-17)16-7-2-1-3-8-16)15-6-4-5-14(13-15)18-11-12-20-21-18/h1-8,11-13,17H,9-10H2,(H,20,21). The van der Waals surface area contributed by atoms with Crippen LogP contribution < -0.4 is 4.90 Å². The van der Waals surface area contributed by atoms with Crippen molar-refractivity contribution in [3.8, 4) is 11.3 Å². The molecule has 1 aliphatic carbocycles. The van der Waals surface area contributed by atoms with Crippen molar-refractivity contribution in [3.63, 3.8) is 0 Å². The second-order valence-corrected chi connectivity index (χ2v) is 5.79. The Morgan fingerprint density at radius 2 is 1.87 bits per heavy atom. The monoisotopic (exact) mass is 303 g/mol. The molecule has 1 aromatic heterocycles. The van der Waals surface area contributed by atoms with Crippen molar-refractivity contribution >= 4 is 11.6 Å². The molecule has 4 heteroatoms. The van der Waals surface area contributed by atoms with Gasteiger partial charge in [-0.1, -0.05) is 30.3 Å². The van der Waals surface area contributed by atoms with Crippen LogP contribution in [0.3, 0.4) is 0 Å². The molecule has 0 atom stereocenters. The predicted octanol–water partition coefficient (Wildman–Crippen LogP) is 3.89. The molecule has 4 rings (SSSR count). The molecule has 1 aliphatic rings. The number of H-pyrrole nitrogens is 1. The van der Waals surface area contributed by atoms with Crippen molar-refractivity contribution < 1.29 is 4.79 Å². The SMILES string of the molecule is O=C(c1cccc(-c2ccn[nH]2)c1)N(c1ccccc1)C1CC1. The first-order valence-corrected chi connectivity index (χ1v) is 7.81. The maximum absolute atomic E-state index is 13.0. The number of carbonyl (C=O) groups is 1. The Labute approximate surface area is 134 Å². The van der Waals surface area contributed by atoms with Crippen LogP contribution in [0.4, 0.5) is 5.69 Å². The molecular weight excluding hydrogens is 286 g/mol. The Morgan fingerprint density at radius 1 is 1.04 bits per heavy atom. The highest BCUT2D eigenvalue weighted by molar-refractivity contribution is 6.07. The summed E-state index contributed by atoms with van der Waals surface area (Å²) >= 11 is 0. The van der Waals surface area contributed by atoms with Gasteiger partial charge in [-0.2, -0.15) is 5.10 Å². The summed E-state index contributed by atoms with van der Waals surface area (Å²) in [5.74, 6) is 0.0556. The molecule has 1 N–H and O–H groups in total. The number of anilines is 1. The van der Waals surface area contributed by atoms with Gasteiger partial charge in [-0.05, 0) is 43.2 Å². The van der Waals surface area contributed by atoms with Crippen LogP contribution in [0.5, 0.6) is 0 Å². The van der Waals surface area contributed by atoms with Crippen LogP contribution in [0.1, 0.15) is 23.2 Å². The molecule has 4 nitrogen and oxygen atoms in total. The molecule has 1 amide bonds. The average molecular weight is 303 g/mol. The van der Waals surface area contributed by atoms with E-state index in [2.05, 4.69) is 10.2 Å². The van der Waals surface area contributed by atoms with E-state index in [0.29, 0.717) is 11.6 Å². The number of nitrogens with one attached hydrogen (secondary N) is 1. The minimum atomic E-state index is 0.0556. The van der Waals surface area contributed by atoms with Crippen molar-refractivity contribution in [3.05, 3.63) is 72.4 Å². The van der Waals surface area contributed by atoms with Gasteiger partial charge < -0.3 is 4.90 Å². The van der Waals surface area contributed by atoms with E-state index in [-0.39, 0.29) is 5.91 Å². The normalized spacial score (nSPS) is 13.7. The van der Waals surface area contributed by atoms with E-state index in [1.807, 2.05) is 65.6 Å². The molecule has 23 heavy (non-hydrogen) atoms. The largest absolute Gasteiger partial charge is 0.305 e. The predicted molar refractivity (Wildman–Crippen MR) is 90.3 cm³/mol. The number of para-hydroxylation sites is 1.